The highest BCUT2D eigenvalue weighted by Gasteiger charge is 2.28. The summed E-state index contributed by atoms with van der Waals surface area (Å²) < 4.78 is 0. The first-order chi connectivity index (χ1) is 19.1. The Morgan fingerprint density at radius 2 is 1.68 bits per heavy atom. The summed E-state index contributed by atoms with van der Waals surface area (Å²) in [6, 6.07) is 6.87. The van der Waals surface area contributed by atoms with Gasteiger partial charge < -0.3 is 15.5 Å². The van der Waals surface area contributed by atoms with E-state index in [0.717, 1.165) is 51.0 Å². The van der Waals surface area contributed by atoms with Crippen LogP contribution in [0.1, 0.15) is 96.3 Å². The first kappa shape index (κ1) is 35.6. The molecule has 2 fully saturated rings. The third-order valence-electron chi connectivity index (χ3n) is 7.33. The Balaban J connectivity index is 0.00000122. The maximum Gasteiger partial charge on any atom is 0.241 e. The lowest BCUT2D eigenvalue weighted by molar-refractivity contribution is -0.155. The van der Waals surface area contributed by atoms with E-state index in [1.54, 1.807) is 0 Å². The average molecular weight is 561 g/mol. The maximum absolute atomic E-state index is 12.7. The van der Waals surface area contributed by atoms with Gasteiger partial charge >= 0.3 is 0 Å². The van der Waals surface area contributed by atoms with Crippen LogP contribution >= 0.6 is 0 Å². The molecule has 0 radical (unpaired) electrons. The number of benzene rings is 1. The quantitative estimate of drug-likeness (QED) is 0.195. The SMILES string of the molecule is CC.CC(C)C.Cc1ccc(CNC2CCN(C(=O)CNC(=O)C(CC3CCCC3)CN(O)C=O)CC2)c(C)c1. The number of hydrogen-bond donors (Lipinski definition) is 3. The Bertz CT molecular complexity index is 875. The Morgan fingerprint density at radius 3 is 2.23 bits per heavy atom. The van der Waals surface area contributed by atoms with Crippen molar-refractivity contribution in [3.63, 3.8) is 0 Å². The molecule has 0 aromatic heterocycles. The van der Waals surface area contributed by atoms with E-state index >= 15 is 0 Å². The van der Waals surface area contributed by atoms with Crippen LogP contribution in [0.4, 0.5) is 0 Å². The zero-order valence-corrected chi connectivity index (χ0v) is 26.2. The van der Waals surface area contributed by atoms with Gasteiger partial charge in [-0.05, 0) is 56.1 Å². The molecule has 1 aromatic rings. The Kier molecular flexibility index (Phi) is 17.4. The lowest BCUT2D eigenvalue weighted by Crippen LogP contribution is -2.49. The zero-order chi connectivity index (χ0) is 30.1. The average Bonchev–Trinajstić information content (AvgIpc) is 3.45. The van der Waals surface area contributed by atoms with Crippen molar-refractivity contribution in [3.8, 4) is 0 Å². The number of carbonyl (C=O) groups is 3. The van der Waals surface area contributed by atoms with Crippen LogP contribution in [-0.2, 0) is 20.9 Å². The van der Waals surface area contributed by atoms with E-state index in [0.29, 0.717) is 42.9 Å². The first-order valence-corrected chi connectivity index (χ1v) is 15.3. The minimum atomic E-state index is -0.508. The molecule has 3 N–H and O–H groups in total. The molecule has 1 saturated carbocycles. The van der Waals surface area contributed by atoms with Crippen LogP contribution in [0, 0.1) is 31.6 Å². The number of carbonyl (C=O) groups excluding carboxylic acids is 3. The van der Waals surface area contributed by atoms with E-state index in [2.05, 4.69) is 63.5 Å². The van der Waals surface area contributed by atoms with Crippen molar-refractivity contribution in [2.75, 3.05) is 26.2 Å². The molecule has 8 heteroatoms. The third kappa shape index (κ3) is 13.8. The number of hydrogen-bond acceptors (Lipinski definition) is 5. The van der Waals surface area contributed by atoms with Crippen molar-refractivity contribution in [1.29, 1.82) is 0 Å². The first-order valence-electron chi connectivity index (χ1n) is 15.3. The molecule has 228 valence electrons. The van der Waals surface area contributed by atoms with Gasteiger partial charge in [0.05, 0.1) is 19.0 Å². The number of nitrogens with one attached hydrogen (secondary N) is 2. The molecule has 40 heavy (non-hydrogen) atoms. The van der Waals surface area contributed by atoms with E-state index in [-0.39, 0.29) is 24.9 Å². The normalized spacial score (nSPS) is 16.4. The molecular formula is C32H56N4O4. The van der Waals surface area contributed by atoms with Crippen molar-refractivity contribution < 1.29 is 19.6 Å². The number of nitrogens with zero attached hydrogens (tertiary/aromatic N) is 2. The smallest absolute Gasteiger partial charge is 0.241 e. The summed E-state index contributed by atoms with van der Waals surface area (Å²) in [5.41, 5.74) is 3.86. The molecule has 1 unspecified atom stereocenters. The van der Waals surface area contributed by atoms with Gasteiger partial charge in [0.2, 0.25) is 18.2 Å². The predicted molar refractivity (Wildman–Crippen MR) is 162 cm³/mol. The van der Waals surface area contributed by atoms with Crippen molar-refractivity contribution in [2.24, 2.45) is 17.8 Å². The minimum absolute atomic E-state index is 0.0441. The van der Waals surface area contributed by atoms with Gasteiger partial charge in [0.1, 0.15) is 0 Å². The van der Waals surface area contributed by atoms with Crippen molar-refractivity contribution >= 4 is 18.2 Å². The van der Waals surface area contributed by atoms with Gasteiger partial charge in [0.25, 0.3) is 0 Å². The lowest BCUT2D eigenvalue weighted by atomic mass is 9.92. The summed E-state index contributed by atoms with van der Waals surface area (Å²) >= 11 is 0. The highest BCUT2D eigenvalue weighted by atomic mass is 16.5. The molecule has 0 spiro atoms. The van der Waals surface area contributed by atoms with Gasteiger partial charge in [-0.3, -0.25) is 19.6 Å². The van der Waals surface area contributed by atoms with Crippen LogP contribution in [0.25, 0.3) is 0 Å². The number of likely N-dealkylation sites (tertiary alicyclic amines) is 1. The standard InChI is InChI=1S/C26H40N4O4.C4H10.C2H6/c1-19-7-8-22(20(2)13-19)15-27-24-9-11-29(12-10-24)25(32)16-28-26(33)23(17-30(34)18-31)14-21-5-3-4-6-21;1-4(2)3;1-2/h7-8,13,18,21,23-24,27,34H,3-6,9-12,14-17H2,1-2H3,(H,28,33);4H,1-3H3;1-2H3. The highest BCUT2D eigenvalue weighted by Crippen LogP contribution is 2.30. The number of aryl methyl sites for hydroxylation is 2. The van der Waals surface area contributed by atoms with Crippen molar-refractivity contribution in [3.05, 3.63) is 34.9 Å². The molecule has 8 nitrogen and oxygen atoms in total. The lowest BCUT2D eigenvalue weighted by Gasteiger charge is -2.33. The molecule has 1 heterocycles. The number of amides is 3. The van der Waals surface area contributed by atoms with E-state index in [4.69, 9.17) is 0 Å². The molecule has 1 saturated heterocycles. The molecule has 0 bridgehead atoms. The van der Waals surface area contributed by atoms with Crippen LogP contribution in [-0.4, -0.2) is 65.6 Å². The van der Waals surface area contributed by atoms with Crippen molar-refractivity contribution in [1.82, 2.24) is 20.6 Å². The van der Waals surface area contributed by atoms with Gasteiger partial charge in [-0.2, -0.15) is 0 Å². The molecule has 2 aliphatic rings. The molecular weight excluding hydrogens is 504 g/mol. The largest absolute Gasteiger partial charge is 0.347 e. The fourth-order valence-corrected chi connectivity index (χ4v) is 5.23. The molecule has 1 aliphatic carbocycles. The second-order valence-corrected chi connectivity index (χ2v) is 11.7. The molecule has 3 rings (SSSR count). The zero-order valence-electron chi connectivity index (χ0n) is 26.2. The predicted octanol–water partition coefficient (Wildman–Crippen LogP) is 5.23. The summed E-state index contributed by atoms with van der Waals surface area (Å²) in [4.78, 5) is 38.1. The third-order valence-corrected chi connectivity index (χ3v) is 7.33. The molecule has 1 aliphatic heterocycles. The Labute approximate surface area is 243 Å². The summed E-state index contributed by atoms with van der Waals surface area (Å²) in [7, 11) is 0. The number of rotatable bonds is 11. The van der Waals surface area contributed by atoms with Gasteiger partial charge in [-0.15, -0.1) is 0 Å². The number of piperidine rings is 1. The minimum Gasteiger partial charge on any atom is -0.347 e. The van der Waals surface area contributed by atoms with Gasteiger partial charge in [0.15, 0.2) is 0 Å². The highest BCUT2D eigenvalue weighted by molar-refractivity contribution is 5.86. The van der Waals surface area contributed by atoms with Gasteiger partial charge in [-0.1, -0.05) is 84.1 Å². The van der Waals surface area contributed by atoms with E-state index < -0.39 is 5.92 Å². The topological polar surface area (TPSA) is 102 Å². The number of hydroxylamine groups is 2. The van der Waals surface area contributed by atoms with Gasteiger partial charge in [-0.25, -0.2) is 5.06 Å². The Morgan fingerprint density at radius 1 is 1.07 bits per heavy atom. The van der Waals surface area contributed by atoms with Crippen LogP contribution < -0.4 is 10.6 Å². The van der Waals surface area contributed by atoms with Gasteiger partial charge in [0, 0.05) is 25.7 Å². The molecule has 1 aromatic carbocycles. The fourth-order valence-electron chi connectivity index (χ4n) is 5.23. The summed E-state index contributed by atoms with van der Waals surface area (Å²) in [6.07, 6.45) is 7.17. The Hall–Kier alpha value is -2.45. The van der Waals surface area contributed by atoms with Crippen LogP contribution in [0.5, 0.6) is 0 Å². The van der Waals surface area contributed by atoms with E-state index in [9.17, 15) is 19.6 Å². The second kappa shape index (κ2) is 19.6. The second-order valence-electron chi connectivity index (χ2n) is 11.7. The maximum atomic E-state index is 12.7. The van der Waals surface area contributed by atoms with Crippen LogP contribution in [0.3, 0.4) is 0 Å². The molecule has 1 atom stereocenters. The van der Waals surface area contributed by atoms with E-state index in [1.807, 2.05) is 18.7 Å². The van der Waals surface area contributed by atoms with Crippen LogP contribution in [0.15, 0.2) is 18.2 Å². The molecule has 3 amide bonds. The van der Waals surface area contributed by atoms with Crippen LogP contribution in [0.2, 0.25) is 0 Å². The van der Waals surface area contributed by atoms with Crippen molar-refractivity contribution in [2.45, 2.75) is 106 Å². The fraction of sp³-hybridized carbons (Fsp3) is 0.719. The summed E-state index contributed by atoms with van der Waals surface area (Å²) in [6.45, 7) is 16.8. The monoisotopic (exact) mass is 560 g/mol. The van der Waals surface area contributed by atoms with E-state index in [1.165, 1.54) is 16.7 Å². The summed E-state index contributed by atoms with van der Waals surface area (Å²) in [5.74, 6) is 0.399. The summed E-state index contributed by atoms with van der Waals surface area (Å²) in [5, 5.41) is 16.5.